The first-order chi connectivity index (χ1) is 21.6. The van der Waals surface area contributed by atoms with Gasteiger partial charge in [-0.15, -0.1) is 0 Å². The number of hydrogen-bond donors (Lipinski definition) is 1. The molecule has 4 rings (SSSR count). The zero-order chi connectivity index (χ0) is 32.4. The summed E-state index contributed by atoms with van der Waals surface area (Å²) in [6.45, 7) is 6.23. The molecule has 1 amide bonds. The molecule has 45 heavy (non-hydrogen) atoms. The number of methoxy groups -OCH3 is 1. The van der Waals surface area contributed by atoms with Crippen molar-refractivity contribution in [1.29, 1.82) is 0 Å². The van der Waals surface area contributed by atoms with Crippen molar-refractivity contribution in [3.8, 4) is 5.75 Å². The highest BCUT2D eigenvalue weighted by atomic mass is 19.1. The number of carbonyl (C=O) groups excluding carboxylic acids is 3. The number of rotatable bonds is 13. The topological polar surface area (TPSA) is 84.9 Å². The SMILES string of the molecule is COC(=O)C(Cc1ccc(OCCCN(C(=O)C(C)(C)C)c2cccc(F)c2)cc1)Nc1ccccc1C(=O)c1ccccc1. The number of nitrogens with one attached hydrogen (secondary N) is 1. The van der Waals surface area contributed by atoms with E-state index in [-0.39, 0.29) is 11.7 Å². The molecule has 0 spiro atoms. The van der Waals surface area contributed by atoms with E-state index in [1.165, 1.54) is 19.2 Å². The molecule has 1 N–H and O–H groups in total. The van der Waals surface area contributed by atoms with Crippen LogP contribution in [-0.2, 0) is 20.7 Å². The first kappa shape index (κ1) is 32.9. The number of halogens is 1. The van der Waals surface area contributed by atoms with E-state index in [1.54, 1.807) is 53.4 Å². The van der Waals surface area contributed by atoms with Crippen molar-refractivity contribution in [2.24, 2.45) is 5.41 Å². The Bertz CT molecular complexity index is 1600. The number of anilines is 2. The molecule has 0 bridgehead atoms. The number of ketones is 1. The molecule has 4 aromatic rings. The third kappa shape index (κ3) is 9.01. The number of ether oxygens (including phenoxy) is 2. The maximum Gasteiger partial charge on any atom is 0.328 e. The van der Waals surface area contributed by atoms with Gasteiger partial charge in [0.1, 0.15) is 17.6 Å². The van der Waals surface area contributed by atoms with Crippen molar-refractivity contribution >= 4 is 29.0 Å². The van der Waals surface area contributed by atoms with Crippen molar-refractivity contribution in [3.05, 3.63) is 126 Å². The van der Waals surface area contributed by atoms with E-state index in [1.807, 2.05) is 63.2 Å². The van der Waals surface area contributed by atoms with Gasteiger partial charge in [-0.2, -0.15) is 0 Å². The summed E-state index contributed by atoms with van der Waals surface area (Å²) >= 11 is 0. The highest BCUT2D eigenvalue weighted by Gasteiger charge is 2.28. The molecule has 7 nitrogen and oxygen atoms in total. The van der Waals surface area contributed by atoms with E-state index in [4.69, 9.17) is 9.47 Å². The van der Waals surface area contributed by atoms with Gasteiger partial charge in [0, 0.05) is 40.9 Å². The molecule has 0 aromatic heterocycles. The molecule has 4 aromatic carbocycles. The van der Waals surface area contributed by atoms with E-state index in [0.717, 1.165) is 5.56 Å². The monoisotopic (exact) mass is 610 g/mol. The summed E-state index contributed by atoms with van der Waals surface area (Å²) in [6.07, 6.45) is 0.855. The molecule has 0 saturated heterocycles. The third-order valence-corrected chi connectivity index (χ3v) is 7.19. The second kappa shape index (κ2) is 15.1. The van der Waals surface area contributed by atoms with Crippen molar-refractivity contribution < 1.29 is 28.2 Å². The largest absolute Gasteiger partial charge is 0.494 e. The molecule has 0 radical (unpaired) electrons. The Morgan fingerprint density at radius 2 is 1.56 bits per heavy atom. The van der Waals surface area contributed by atoms with Gasteiger partial charge in [0.05, 0.1) is 13.7 Å². The number of hydrogen-bond acceptors (Lipinski definition) is 6. The first-order valence-corrected chi connectivity index (χ1v) is 14.9. The summed E-state index contributed by atoms with van der Waals surface area (Å²) in [4.78, 5) is 40.6. The van der Waals surface area contributed by atoms with Crippen LogP contribution in [0, 0.1) is 11.2 Å². The fourth-order valence-electron chi connectivity index (χ4n) is 4.84. The zero-order valence-electron chi connectivity index (χ0n) is 26.1. The zero-order valence-corrected chi connectivity index (χ0v) is 26.1. The molecule has 0 aliphatic rings. The molecule has 1 atom stereocenters. The molecular formula is C37H39FN2O5. The molecule has 0 aliphatic heterocycles. The Hall–Kier alpha value is -4.98. The summed E-state index contributed by atoms with van der Waals surface area (Å²) in [7, 11) is 1.33. The average Bonchev–Trinajstić information content (AvgIpc) is 3.04. The highest BCUT2D eigenvalue weighted by Crippen LogP contribution is 2.25. The standard InChI is InChI=1S/C37H39FN2O5/c1-37(2,3)36(43)40(29-15-10-14-28(38)25-29)22-11-23-45-30-20-18-26(19-21-30)24-33(35(42)44-4)39-32-17-9-8-16-31(32)34(41)27-12-6-5-7-13-27/h5-10,12-21,25,33,39H,11,22-24H2,1-4H3. The summed E-state index contributed by atoms with van der Waals surface area (Å²) in [6, 6.07) is 28.8. The second-order valence-electron chi connectivity index (χ2n) is 11.7. The van der Waals surface area contributed by atoms with Crippen molar-refractivity contribution in [2.75, 3.05) is 30.5 Å². The van der Waals surface area contributed by atoms with E-state index in [9.17, 15) is 18.8 Å². The van der Waals surface area contributed by atoms with Crippen LogP contribution < -0.4 is 15.0 Å². The van der Waals surface area contributed by atoms with Crippen LogP contribution in [0.5, 0.6) is 5.75 Å². The van der Waals surface area contributed by atoms with Crippen LogP contribution in [0.15, 0.2) is 103 Å². The van der Waals surface area contributed by atoms with Crippen LogP contribution in [0.4, 0.5) is 15.8 Å². The van der Waals surface area contributed by atoms with Crippen LogP contribution in [0.3, 0.4) is 0 Å². The van der Waals surface area contributed by atoms with E-state index < -0.39 is 23.2 Å². The van der Waals surface area contributed by atoms with Gasteiger partial charge in [0.25, 0.3) is 0 Å². The van der Waals surface area contributed by atoms with E-state index in [0.29, 0.717) is 54.2 Å². The molecular weight excluding hydrogens is 571 g/mol. The van der Waals surface area contributed by atoms with Gasteiger partial charge < -0.3 is 19.7 Å². The summed E-state index contributed by atoms with van der Waals surface area (Å²) < 4.78 is 24.9. The van der Waals surface area contributed by atoms with Gasteiger partial charge in [-0.05, 0) is 54.4 Å². The summed E-state index contributed by atoms with van der Waals surface area (Å²) in [5.74, 6) is -0.460. The number of benzene rings is 4. The molecule has 1 unspecified atom stereocenters. The molecule has 8 heteroatoms. The lowest BCUT2D eigenvalue weighted by molar-refractivity contribution is -0.141. The Morgan fingerprint density at radius 1 is 0.867 bits per heavy atom. The van der Waals surface area contributed by atoms with Gasteiger partial charge in [0.15, 0.2) is 5.78 Å². The molecule has 0 aliphatic carbocycles. The lowest BCUT2D eigenvalue weighted by Gasteiger charge is -2.29. The predicted octanol–water partition coefficient (Wildman–Crippen LogP) is 7.10. The molecule has 0 saturated carbocycles. The van der Waals surface area contributed by atoms with Crippen LogP contribution in [0.2, 0.25) is 0 Å². The minimum atomic E-state index is -0.736. The molecule has 0 fully saturated rings. The van der Waals surface area contributed by atoms with Gasteiger partial charge in [-0.3, -0.25) is 9.59 Å². The van der Waals surface area contributed by atoms with Crippen LogP contribution in [-0.4, -0.2) is 44.0 Å². The van der Waals surface area contributed by atoms with Crippen molar-refractivity contribution in [2.45, 2.75) is 39.7 Å². The minimum Gasteiger partial charge on any atom is -0.494 e. The Balaban J connectivity index is 1.38. The fourth-order valence-corrected chi connectivity index (χ4v) is 4.84. The number of carbonyl (C=O) groups is 3. The Labute approximate surface area is 264 Å². The second-order valence-corrected chi connectivity index (χ2v) is 11.7. The first-order valence-electron chi connectivity index (χ1n) is 14.9. The Morgan fingerprint density at radius 3 is 2.22 bits per heavy atom. The van der Waals surface area contributed by atoms with E-state index >= 15 is 0 Å². The lowest BCUT2D eigenvalue weighted by Crippen LogP contribution is -2.40. The van der Waals surface area contributed by atoms with Crippen LogP contribution >= 0.6 is 0 Å². The normalized spacial score (nSPS) is 11.8. The van der Waals surface area contributed by atoms with Gasteiger partial charge >= 0.3 is 5.97 Å². The lowest BCUT2D eigenvalue weighted by atomic mass is 9.94. The Kier molecular flexibility index (Phi) is 11.1. The number of para-hydroxylation sites is 1. The number of amides is 1. The van der Waals surface area contributed by atoms with Crippen LogP contribution in [0.1, 0.15) is 48.7 Å². The average molecular weight is 611 g/mol. The van der Waals surface area contributed by atoms with Crippen LogP contribution in [0.25, 0.3) is 0 Å². The van der Waals surface area contributed by atoms with Gasteiger partial charge in [0.2, 0.25) is 5.91 Å². The third-order valence-electron chi connectivity index (χ3n) is 7.19. The number of nitrogens with zero attached hydrogens (tertiary/aromatic N) is 1. The molecule has 234 valence electrons. The fraction of sp³-hybridized carbons (Fsp3) is 0.270. The van der Waals surface area contributed by atoms with Crippen molar-refractivity contribution in [1.82, 2.24) is 0 Å². The smallest absolute Gasteiger partial charge is 0.328 e. The summed E-state index contributed by atoms with van der Waals surface area (Å²) in [5, 5.41) is 3.22. The predicted molar refractivity (Wildman–Crippen MR) is 174 cm³/mol. The maximum atomic E-state index is 13.9. The summed E-state index contributed by atoms with van der Waals surface area (Å²) in [5.41, 5.74) is 2.31. The van der Waals surface area contributed by atoms with Crippen molar-refractivity contribution in [3.63, 3.8) is 0 Å². The number of esters is 1. The highest BCUT2D eigenvalue weighted by molar-refractivity contribution is 6.12. The minimum absolute atomic E-state index is 0.0988. The van der Waals surface area contributed by atoms with Gasteiger partial charge in [-0.1, -0.05) is 81.4 Å². The maximum absolute atomic E-state index is 13.9. The quantitative estimate of drug-likeness (QED) is 0.0988. The van der Waals surface area contributed by atoms with E-state index in [2.05, 4.69) is 5.32 Å². The van der Waals surface area contributed by atoms with Gasteiger partial charge in [-0.25, -0.2) is 9.18 Å². The molecule has 0 heterocycles.